The summed E-state index contributed by atoms with van der Waals surface area (Å²) in [5, 5.41) is 9.08. The van der Waals surface area contributed by atoms with Gasteiger partial charge in [-0.25, -0.2) is 4.98 Å². The molecule has 2 heterocycles. The highest BCUT2D eigenvalue weighted by atomic mass is 16.5. The number of hydrogen-bond donors (Lipinski definition) is 0. The van der Waals surface area contributed by atoms with Crippen LogP contribution in [0, 0.1) is 11.3 Å². The Balaban J connectivity index is 1.33. The first-order valence-corrected chi connectivity index (χ1v) is 8.87. The molecule has 1 saturated heterocycles. The molecular formula is C22H17N3O3. The van der Waals surface area contributed by atoms with E-state index in [4.69, 9.17) is 14.7 Å². The normalized spacial score (nSPS) is 13.3. The van der Waals surface area contributed by atoms with Gasteiger partial charge >= 0.3 is 0 Å². The Hall–Kier alpha value is -3.85. The number of rotatable bonds is 5. The predicted molar refractivity (Wildman–Crippen MR) is 102 cm³/mol. The minimum atomic E-state index is -0.161. The molecule has 0 spiro atoms. The van der Waals surface area contributed by atoms with E-state index in [-0.39, 0.29) is 12.0 Å². The molecular weight excluding hydrogens is 354 g/mol. The number of hydrogen-bond acceptors (Lipinski definition) is 5. The van der Waals surface area contributed by atoms with E-state index in [1.165, 1.54) is 0 Å². The highest BCUT2D eigenvalue weighted by Gasteiger charge is 2.33. The maximum Gasteiger partial charge on any atom is 0.254 e. The van der Waals surface area contributed by atoms with Gasteiger partial charge in [-0.2, -0.15) is 5.26 Å². The summed E-state index contributed by atoms with van der Waals surface area (Å²) in [6, 6.07) is 21.9. The molecule has 1 aliphatic heterocycles. The molecule has 0 saturated carbocycles. The summed E-state index contributed by atoms with van der Waals surface area (Å²) in [6.07, 6.45) is 1.42. The third-order valence-corrected chi connectivity index (χ3v) is 4.39. The minimum Gasteiger partial charge on any atom is -0.470 e. The molecule has 2 aromatic carbocycles. The first kappa shape index (κ1) is 17.6. The molecule has 3 aromatic rings. The highest BCUT2D eigenvalue weighted by Crippen LogP contribution is 2.24. The fraction of sp³-hybridized carbons (Fsp3) is 0.136. The molecule has 0 N–H and O–H groups in total. The van der Waals surface area contributed by atoms with Gasteiger partial charge in [-0.3, -0.25) is 4.79 Å². The van der Waals surface area contributed by atoms with Gasteiger partial charge < -0.3 is 14.4 Å². The van der Waals surface area contributed by atoms with Crippen molar-refractivity contribution in [2.24, 2.45) is 0 Å². The SMILES string of the molecule is N#Cc1cccnc1OC1CN(C(=O)c2ccc(Oc3ccccc3)cc2)C1. The second kappa shape index (κ2) is 7.80. The average Bonchev–Trinajstić information content (AvgIpc) is 2.71. The molecule has 6 nitrogen and oxygen atoms in total. The summed E-state index contributed by atoms with van der Waals surface area (Å²) in [5.74, 6) is 1.67. The van der Waals surface area contributed by atoms with Crippen molar-refractivity contribution >= 4 is 5.91 Å². The van der Waals surface area contributed by atoms with Gasteiger partial charge in [0.15, 0.2) is 0 Å². The summed E-state index contributed by atoms with van der Waals surface area (Å²) in [4.78, 5) is 18.4. The Labute approximate surface area is 162 Å². The third-order valence-electron chi connectivity index (χ3n) is 4.39. The summed E-state index contributed by atoms with van der Waals surface area (Å²) in [6.45, 7) is 0.922. The van der Waals surface area contributed by atoms with E-state index in [9.17, 15) is 4.79 Å². The maximum absolute atomic E-state index is 12.6. The van der Waals surface area contributed by atoms with Gasteiger partial charge in [0.1, 0.15) is 29.2 Å². The van der Waals surface area contributed by atoms with Gasteiger partial charge in [0.25, 0.3) is 5.91 Å². The Morgan fingerprint density at radius 1 is 1.00 bits per heavy atom. The molecule has 0 aliphatic carbocycles. The molecule has 4 rings (SSSR count). The van der Waals surface area contributed by atoms with Crippen molar-refractivity contribution in [3.05, 3.63) is 84.1 Å². The van der Waals surface area contributed by atoms with Crippen LogP contribution in [0.2, 0.25) is 0 Å². The lowest BCUT2D eigenvalue weighted by molar-refractivity contribution is 0.0159. The Morgan fingerprint density at radius 3 is 2.43 bits per heavy atom. The summed E-state index contributed by atoms with van der Waals surface area (Å²) in [7, 11) is 0. The largest absolute Gasteiger partial charge is 0.470 e. The molecule has 6 heteroatoms. The Morgan fingerprint density at radius 2 is 1.71 bits per heavy atom. The number of carbonyl (C=O) groups is 1. The van der Waals surface area contributed by atoms with E-state index >= 15 is 0 Å². The number of amides is 1. The van der Waals surface area contributed by atoms with Crippen molar-refractivity contribution in [2.75, 3.05) is 13.1 Å². The number of likely N-dealkylation sites (tertiary alicyclic amines) is 1. The van der Waals surface area contributed by atoms with E-state index in [1.807, 2.05) is 30.3 Å². The van der Waals surface area contributed by atoms with E-state index < -0.39 is 0 Å². The first-order chi connectivity index (χ1) is 13.7. The first-order valence-electron chi connectivity index (χ1n) is 8.87. The Kier molecular flexibility index (Phi) is 4.89. The van der Waals surface area contributed by atoms with Gasteiger partial charge in [-0.1, -0.05) is 18.2 Å². The van der Waals surface area contributed by atoms with Gasteiger partial charge in [0.05, 0.1) is 13.1 Å². The standard InChI is InChI=1S/C22H17N3O3/c23-13-17-5-4-12-24-21(17)28-20-14-25(15-20)22(26)16-8-10-19(11-9-16)27-18-6-2-1-3-7-18/h1-12,20H,14-15H2. The predicted octanol–water partition coefficient (Wildman–Crippen LogP) is 3.65. The summed E-state index contributed by atoms with van der Waals surface area (Å²) >= 11 is 0. The van der Waals surface area contributed by atoms with Gasteiger partial charge in [0, 0.05) is 11.8 Å². The van der Waals surface area contributed by atoms with Crippen LogP contribution in [-0.2, 0) is 0 Å². The van der Waals surface area contributed by atoms with Crippen LogP contribution in [0.5, 0.6) is 17.4 Å². The quantitative estimate of drug-likeness (QED) is 0.684. The second-order valence-corrected chi connectivity index (χ2v) is 6.36. The lowest BCUT2D eigenvalue weighted by Gasteiger charge is -2.38. The minimum absolute atomic E-state index is 0.0624. The van der Waals surface area contributed by atoms with Crippen molar-refractivity contribution in [2.45, 2.75) is 6.10 Å². The number of carbonyl (C=O) groups excluding carboxylic acids is 1. The number of pyridine rings is 1. The van der Waals surface area contributed by atoms with Crippen LogP contribution in [0.25, 0.3) is 0 Å². The van der Waals surface area contributed by atoms with Crippen molar-refractivity contribution in [1.29, 1.82) is 5.26 Å². The van der Waals surface area contributed by atoms with Crippen LogP contribution in [-0.4, -0.2) is 35.0 Å². The van der Waals surface area contributed by atoms with Crippen molar-refractivity contribution < 1.29 is 14.3 Å². The maximum atomic E-state index is 12.6. The van der Waals surface area contributed by atoms with Crippen LogP contribution in [0.15, 0.2) is 72.9 Å². The van der Waals surface area contributed by atoms with Crippen molar-refractivity contribution in [3.8, 4) is 23.4 Å². The molecule has 0 bridgehead atoms. The number of benzene rings is 2. The molecule has 1 fully saturated rings. The topological polar surface area (TPSA) is 75.5 Å². The lowest BCUT2D eigenvalue weighted by atomic mass is 10.1. The van der Waals surface area contributed by atoms with E-state index in [2.05, 4.69) is 11.1 Å². The van der Waals surface area contributed by atoms with Gasteiger partial charge in [0.2, 0.25) is 5.88 Å². The lowest BCUT2D eigenvalue weighted by Crippen LogP contribution is -2.56. The fourth-order valence-corrected chi connectivity index (χ4v) is 2.88. The third kappa shape index (κ3) is 3.79. The zero-order valence-corrected chi connectivity index (χ0v) is 15.0. The number of aromatic nitrogens is 1. The zero-order valence-electron chi connectivity index (χ0n) is 15.0. The van der Waals surface area contributed by atoms with Gasteiger partial charge in [-0.05, 0) is 48.5 Å². The second-order valence-electron chi connectivity index (χ2n) is 6.36. The van der Waals surface area contributed by atoms with Crippen LogP contribution in [0.1, 0.15) is 15.9 Å². The molecule has 0 unspecified atom stereocenters. The molecule has 0 radical (unpaired) electrons. The molecule has 138 valence electrons. The molecule has 28 heavy (non-hydrogen) atoms. The van der Waals surface area contributed by atoms with Gasteiger partial charge in [-0.15, -0.1) is 0 Å². The van der Waals surface area contributed by atoms with E-state index in [0.29, 0.717) is 35.8 Å². The summed E-state index contributed by atoms with van der Waals surface area (Å²) < 4.78 is 11.5. The smallest absolute Gasteiger partial charge is 0.254 e. The number of nitrogens with zero attached hydrogens (tertiary/aromatic N) is 3. The zero-order chi connectivity index (χ0) is 19.3. The Bertz CT molecular complexity index is 1010. The number of ether oxygens (including phenoxy) is 2. The van der Waals surface area contributed by atoms with Crippen LogP contribution in [0.4, 0.5) is 0 Å². The van der Waals surface area contributed by atoms with Crippen molar-refractivity contribution in [1.82, 2.24) is 9.88 Å². The highest BCUT2D eigenvalue weighted by molar-refractivity contribution is 5.94. The molecule has 0 atom stereocenters. The van der Waals surface area contributed by atoms with Crippen LogP contribution >= 0.6 is 0 Å². The monoisotopic (exact) mass is 371 g/mol. The van der Waals surface area contributed by atoms with Crippen LogP contribution < -0.4 is 9.47 Å². The number of para-hydroxylation sites is 1. The fourth-order valence-electron chi connectivity index (χ4n) is 2.88. The number of nitriles is 1. The molecule has 1 aromatic heterocycles. The average molecular weight is 371 g/mol. The van der Waals surface area contributed by atoms with E-state index in [1.54, 1.807) is 47.5 Å². The molecule has 1 aliphatic rings. The summed E-state index contributed by atoms with van der Waals surface area (Å²) in [5.41, 5.74) is 0.982. The van der Waals surface area contributed by atoms with Crippen LogP contribution in [0.3, 0.4) is 0 Å². The van der Waals surface area contributed by atoms with E-state index in [0.717, 1.165) is 5.75 Å². The van der Waals surface area contributed by atoms with Crippen molar-refractivity contribution in [3.63, 3.8) is 0 Å². The molecule has 1 amide bonds.